The monoisotopic (exact) mass is 234 g/mol. The van der Waals surface area contributed by atoms with Crippen molar-refractivity contribution < 1.29 is 0 Å². The number of hydrogen-bond acceptors (Lipinski definition) is 4. The summed E-state index contributed by atoms with van der Waals surface area (Å²) in [6.45, 7) is 0. The second-order valence-electron chi connectivity index (χ2n) is 5.07. The number of nitrogens with two attached hydrogens (primary N) is 1. The number of rotatable bonds is 3. The minimum Gasteiger partial charge on any atom is -0.361 e. The molecule has 2 aliphatic rings. The minimum absolute atomic E-state index is 0.00546. The molecule has 5 heteroatoms. The molecule has 0 amide bonds. The summed E-state index contributed by atoms with van der Waals surface area (Å²) in [6, 6.07) is 0.735. The van der Waals surface area contributed by atoms with Gasteiger partial charge in [-0.2, -0.15) is 0 Å². The van der Waals surface area contributed by atoms with Gasteiger partial charge < -0.3 is 15.6 Å². The van der Waals surface area contributed by atoms with E-state index in [9.17, 15) is 4.79 Å². The SMILES string of the molecule is NC1CCCC1Nc1nccn(C2CC2)c1=O. The largest absolute Gasteiger partial charge is 0.361 e. The van der Waals surface area contributed by atoms with Gasteiger partial charge in [-0.15, -0.1) is 0 Å². The maximum atomic E-state index is 12.1. The first kappa shape index (κ1) is 10.8. The fourth-order valence-corrected chi connectivity index (χ4v) is 2.51. The van der Waals surface area contributed by atoms with Gasteiger partial charge in [0.2, 0.25) is 0 Å². The minimum atomic E-state index is -0.00546. The second kappa shape index (κ2) is 4.14. The van der Waals surface area contributed by atoms with E-state index in [1.54, 1.807) is 17.0 Å². The van der Waals surface area contributed by atoms with Crippen molar-refractivity contribution in [1.29, 1.82) is 0 Å². The molecule has 5 nitrogen and oxygen atoms in total. The van der Waals surface area contributed by atoms with E-state index >= 15 is 0 Å². The zero-order chi connectivity index (χ0) is 11.8. The molecule has 17 heavy (non-hydrogen) atoms. The van der Waals surface area contributed by atoms with Gasteiger partial charge in [-0.1, -0.05) is 0 Å². The molecule has 3 N–H and O–H groups in total. The summed E-state index contributed by atoms with van der Waals surface area (Å²) >= 11 is 0. The summed E-state index contributed by atoms with van der Waals surface area (Å²) < 4.78 is 1.79. The van der Waals surface area contributed by atoms with Crippen molar-refractivity contribution in [3.63, 3.8) is 0 Å². The molecule has 92 valence electrons. The molecular weight excluding hydrogens is 216 g/mol. The highest BCUT2D eigenvalue weighted by Crippen LogP contribution is 2.33. The Morgan fingerprint density at radius 1 is 1.35 bits per heavy atom. The maximum absolute atomic E-state index is 12.1. The molecule has 1 heterocycles. The van der Waals surface area contributed by atoms with Gasteiger partial charge in [0.1, 0.15) is 0 Å². The number of aromatic nitrogens is 2. The fraction of sp³-hybridized carbons (Fsp3) is 0.667. The average molecular weight is 234 g/mol. The van der Waals surface area contributed by atoms with Crippen molar-refractivity contribution in [2.75, 3.05) is 5.32 Å². The molecule has 0 aromatic carbocycles. The van der Waals surface area contributed by atoms with Crippen LogP contribution in [-0.2, 0) is 0 Å². The molecule has 2 aliphatic carbocycles. The zero-order valence-corrected chi connectivity index (χ0v) is 9.80. The fourth-order valence-electron chi connectivity index (χ4n) is 2.51. The standard InChI is InChI=1S/C12H18N4O/c13-9-2-1-3-10(9)15-11-12(17)16(7-6-14-11)8-4-5-8/h6-10H,1-5,13H2,(H,14,15). The summed E-state index contributed by atoms with van der Waals surface area (Å²) in [5, 5.41) is 3.21. The van der Waals surface area contributed by atoms with E-state index in [1.165, 1.54) is 0 Å². The smallest absolute Gasteiger partial charge is 0.293 e. The molecule has 3 rings (SSSR count). The molecule has 2 unspecified atom stereocenters. The van der Waals surface area contributed by atoms with Crippen LogP contribution in [0.15, 0.2) is 17.2 Å². The van der Waals surface area contributed by atoms with Crippen LogP contribution in [0, 0.1) is 0 Å². The summed E-state index contributed by atoms with van der Waals surface area (Å²) in [4.78, 5) is 16.3. The lowest BCUT2D eigenvalue weighted by atomic mass is 10.2. The van der Waals surface area contributed by atoms with E-state index in [1.807, 2.05) is 0 Å². The third-order valence-electron chi connectivity index (χ3n) is 3.70. The Hall–Kier alpha value is -1.36. The van der Waals surface area contributed by atoms with Crippen LogP contribution >= 0.6 is 0 Å². The Bertz CT molecular complexity index is 466. The van der Waals surface area contributed by atoms with Gasteiger partial charge in [0, 0.05) is 30.5 Å². The van der Waals surface area contributed by atoms with Crippen LogP contribution in [0.3, 0.4) is 0 Å². The van der Waals surface area contributed by atoms with Crippen molar-refractivity contribution >= 4 is 5.82 Å². The Kier molecular flexibility index (Phi) is 2.63. The molecule has 0 saturated heterocycles. The lowest BCUT2D eigenvalue weighted by Crippen LogP contribution is -2.38. The van der Waals surface area contributed by atoms with E-state index < -0.39 is 0 Å². The number of hydrogen-bond donors (Lipinski definition) is 2. The van der Waals surface area contributed by atoms with Crippen molar-refractivity contribution in [2.45, 2.75) is 50.2 Å². The van der Waals surface area contributed by atoms with Crippen LogP contribution in [0.4, 0.5) is 5.82 Å². The summed E-state index contributed by atoms with van der Waals surface area (Å²) in [5.41, 5.74) is 5.98. The van der Waals surface area contributed by atoms with Crippen molar-refractivity contribution in [3.8, 4) is 0 Å². The number of nitrogens with one attached hydrogen (secondary N) is 1. The molecule has 0 bridgehead atoms. The van der Waals surface area contributed by atoms with E-state index in [0.717, 1.165) is 32.1 Å². The first-order valence-electron chi connectivity index (χ1n) is 6.35. The van der Waals surface area contributed by atoms with Crippen LogP contribution in [0.1, 0.15) is 38.1 Å². The van der Waals surface area contributed by atoms with E-state index in [2.05, 4.69) is 10.3 Å². The lowest BCUT2D eigenvalue weighted by Gasteiger charge is -2.17. The van der Waals surface area contributed by atoms with Gasteiger partial charge in [0.15, 0.2) is 5.82 Å². The van der Waals surface area contributed by atoms with Crippen molar-refractivity contribution in [1.82, 2.24) is 9.55 Å². The molecule has 1 aromatic heterocycles. The Morgan fingerprint density at radius 3 is 2.82 bits per heavy atom. The highest BCUT2D eigenvalue weighted by Gasteiger charge is 2.27. The van der Waals surface area contributed by atoms with Gasteiger partial charge >= 0.3 is 0 Å². The third kappa shape index (κ3) is 2.07. The maximum Gasteiger partial charge on any atom is 0.293 e. The van der Waals surface area contributed by atoms with E-state index in [4.69, 9.17) is 5.73 Å². The second-order valence-corrected chi connectivity index (χ2v) is 5.07. The summed E-state index contributed by atoms with van der Waals surface area (Å²) in [6.07, 6.45) is 8.87. The van der Waals surface area contributed by atoms with Gasteiger partial charge in [-0.3, -0.25) is 4.79 Å². The number of anilines is 1. The summed E-state index contributed by atoms with van der Waals surface area (Å²) in [7, 11) is 0. The molecule has 0 spiro atoms. The van der Waals surface area contributed by atoms with Crippen LogP contribution < -0.4 is 16.6 Å². The van der Waals surface area contributed by atoms with Crippen LogP contribution in [0.2, 0.25) is 0 Å². The van der Waals surface area contributed by atoms with Crippen LogP contribution in [0.5, 0.6) is 0 Å². The zero-order valence-electron chi connectivity index (χ0n) is 9.80. The van der Waals surface area contributed by atoms with Gasteiger partial charge in [0.25, 0.3) is 5.56 Å². The highest BCUT2D eigenvalue weighted by molar-refractivity contribution is 5.33. The molecule has 0 radical (unpaired) electrons. The van der Waals surface area contributed by atoms with Gasteiger partial charge in [-0.25, -0.2) is 4.98 Å². The molecule has 2 saturated carbocycles. The quantitative estimate of drug-likeness (QED) is 0.814. The third-order valence-corrected chi connectivity index (χ3v) is 3.70. The molecule has 1 aromatic rings. The molecular formula is C12H18N4O. The van der Waals surface area contributed by atoms with Crippen LogP contribution in [-0.4, -0.2) is 21.6 Å². The Balaban J connectivity index is 1.82. The lowest BCUT2D eigenvalue weighted by molar-refractivity contribution is 0.628. The highest BCUT2D eigenvalue weighted by atomic mass is 16.1. The van der Waals surface area contributed by atoms with Crippen LogP contribution in [0.25, 0.3) is 0 Å². The summed E-state index contributed by atoms with van der Waals surface area (Å²) in [5.74, 6) is 0.460. The number of nitrogens with zero attached hydrogens (tertiary/aromatic N) is 2. The molecule has 0 aliphatic heterocycles. The van der Waals surface area contributed by atoms with E-state index in [-0.39, 0.29) is 17.6 Å². The van der Waals surface area contributed by atoms with Gasteiger partial charge in [0.05, 0.1) is 0 Å². The predicted molar refractivity (Wildman–Crippen MR) is 66.0 cm³/mol. The predicted octanol–water partition coefficient (Wildman–Crippen LogP) is 0.870. The normalized spacial score (nSPS) is 28.3. The molecule has 2 atom stereocenters. The van der Waals surface area contributed by atoms with E-state index in [0.29, 0.717) is 11.9 Å². The first-order chi connectivity index (χ1) is 8.25. The Morgan fingerprint density at radius 2 is 2.18 bits per heavy atom. The van der Waals surface area contributed by atoms with Crippen molar-refractivity contribution in [3.05, 3.63) is 22.7 Å². The topological polar surface area (TPSA) is 72.9 Å². The molecule has 2 fully saturated rings. The van der Waals surface area contributed by atoms with Crippen molar-refractivity contribution in [2.24, 2.45) is 5.73 Å². The Labute approximate surface area is 100 Å². The first-order valence-corrected chi connectivity index (χ1v) is 6.35. The average Bonchev–Trinajstić information content (AvgIpc) is 3.08. The van der Waals surface area contributed by atoms with Gasteiger partial charge in [-0.05, 0) is 32.1 Å².